The Balaban J connectivity index is 0.000000103. The van der Waals surface area contributed by atoms with E-state index >= 15 is 0 Å². The van der Waals surface area contributed by atoms with Crippen molar-refractivity contribution in [1.82, 2.24) is 0 Å². The van der Waals surface area contributed by atoms with Gasteiger partial charge >= 0.3 is 0 Å². The molecule has 2 aliphatic rings. The van der Waals surface area contributed by atoms with Gasteiger partial charge in [0.2, 0.25) is 0 Å². The van der Waals surface area contributed by atoms with E-state index in [1.54, 1.807) is 6.07 Å². The van der Waals surface area contributed by atoms with Gasteiger partial charge in [-0.05, 0) is 194 Å². The zero-order valence-corrected chi connectivity index (χ0v) is 83.2. The van der Waals surface area contributed by atoms with Crippen LogP contribution >= 0.6 is 84.7 Å². The van der Waals surface area contributed by atoms with Gasteiger partial charge in [-0.25, -0.2) is 0 Å². The van der Waals surface area contributed by atoms with Crippen molar-refractivity contribution in [3.63, 3.8) is 0 Å². The van der Waals surface area contributed by atoms with E-state index in [-0.39, 0.29) is 6.71 Å². The van der Waals surface area contributed by atoms with Gasteiger partial charge in [0.1, 0.15) is 22.3 Å². The van der Waals surface area contributed by atoms with E-state index in [4.69, 9.17) is 48.1 Å². The van der Waals surface area contributed by atoms with Crippen LogP contribution < -0.4 is 36.0 Å². The molecular formula is C128H83BBrCl3N4O3S3. The average molecular weight is 2020 g/mol. The van der Waals surface area contributed by atoms with E-state index in [2.05, 4.69) is 448 Å². The van der Waals surface area contributed by atoms with E-state index in [9.17, 15) is 0 Å². The predicted molar refractivity (Wildman–Crippen MR) is 617 cm³/mol. The molecule has 8 heterocycles. The average Bonchev–Trinajstić information content (AvgIpc) is 1.35. The SMILES string of the molecule is Clc1c(N(c2ccccc2)c2cccc3c2oc2ccccc23)cccc1N(c1ccccc1)c1cccc2c1sc1ccccc12.Clc1cccc(Br)c1Cl.c1ccc(Cc2cccc3c2oc2ccccc23)cc1.c1ccc(Cc2cccc3c2sc2ccccc23)cc1.c1ccc2c(c1)B1c3ccccc3N(c3cccc4c3sc3ccccc34)c3cccc(c31)N2c1cccc2c1oc1ccccc12. The summed E-state index contributed by atoms with van der Waals surface area (Å²) in [6.07, 6.45) is 1.91. The maximum atomic E-state index is 7.65. The minimum Gasteiger partial charge on any atom is -0.456 e. The lowest BCUT2D eigenvalue weighted by molar-refractivity contribution is 0.664. The summed E-state index contributed by atoms with van der Waals surface area (Å²) in [6, 6.07) is 168. The number of halogens is 4. The highest BCUT2D eigenvalue weighted by Crippen LogP contribution is 2.54. The van der Waals surface area contributed by atoms with Crippen LogP contribution in [0.15, 0.2) is 497 Å². The molecule has 0 unspecified atom stereocenters. The largest absolute Gasteiger partial charge is 0.456 e. The lowest BCUT2D eigenvalue weighted by atomic mass is 9.33. The first-order chi connectivity index (χ1) is 70.7. The van der Waals surface area contributed by atoms with Gasteiger partial charge in [0.15, 0.2) is 11.2 Å². The third-order valence-electron chi connectivity index (χ3n) is 27.1. The highest BCUT2D eigenvalue weighted by Gasteiger charge is 2.44. The number of nitrogens with zero attached hydrogens (tertiary/aromatic N) is 4. The first kappa shape index (κ1) is 88.7. The van der Waals surface area contributed by atoms with Crippen molar-refractivity contribution in [3.8, 4) is 0 Å². The van der Waals surface area contributed by atoms with Crippen LogP contribution in [0, 0.1) is 0 Å². The predicted octanol–water partition coefficient (Wildman–Crippen LogP) is 38.2. The van der Waals surface area contributed by atoms with Crippen LogP contribution in [0.2, 0.25) is 15.1 Å². The molecule has 0 fully saturated rings. The number of benzene rings is 21. The molecule has 21 aromatic carbocycles. The molecule has 682 valence electrons. The maximum absolute atomic E-state index is 7.65. The highest BCUT2D eigenvalue weighted by atomic mass is 79.9. The van der Waals surface area contributed by atoms with Gasteiger partial charge < -0.3 is 32.9 Å². The first-order valence-corrected chi connectivity index (χ1v) is 52.0. The van der Waals surface area contributed by atoms with Crippen LogP contribution in [0.5, 0.6) is 0 Å². The molecule has 0 atom stereocenters. The molecule has 15 heteroatoms. The fourth-order valence-electron chi connectivity index (χ4n) is 20.8. The van der Waals surface area contributed by atoms with Crippen molar-refractivity contribution in [1.29, 1.82) is 0 Å². The van der Waals surface area contributed by atoms with Gasteiger partial charge in [-0.2, -0.15) is 0 Å². The molecule has 0 N–H and O–H groups in total. The summed E-state index contributed by atoms with van der Waals surface area (Å²) < 4.78 is 28.0. The van der Waals surface area contributed by atoms with Crippen molar-refractivity contribution in [2.75, 3.05) is 19.6 Å². The van der Waals surface area contributed by atoms with Crippen molar-refractivity contribution in [2.45, 2.75) is 12.8 Å². The third-order valence-corrected chi connectivity index (χ3v) is 32.9. The molecule has 0 aliphatic carbocycles. The van der Waals surface area contributed by atoms with Gasteiger partial charge in [0.05, 0.1) is 58.6 Å². The zero-order chi connectivity index (χ0) is 95.5. The molecule has 27 aromatic rings. The Hall–Kier alpha value is -15.7. The van der Waals surface area contributed by atoms with Crippen LogP contribution in [-0.2, 0) is 12.8 Å². The number of furan rings is 3. The Kier molecular flexibility index (Phi) is 23.8. The van der Waals surface area contributed by atoms with Gasteiger partial charge in [-0.15, -0.1) is 34.0 Å². The molecule has 143 heavy (non-hydrogen) atoms. The van der Waals surface area contributed by atoms with Crippen molar-refractivity contribution in [3.05, 3.63) is 521 Å². The topological polar surface area (TPSA) is 52.4 Å². The number of rotatable bonds is 12. The van der Waals surface area contributed by atoms with E-state index in [0.29, 0.717) is 15.1 Å². The van der Waals surface area contributed by atoms with Gasteiger partial charge in [0, 0.05) is 128 Å². The standard InChI is InChI=1S/C42H25BN2OS.C42H27ClN2OS.C19H14O.C19H14S.C6H3BrCl2/c1-7-24-38-26(12-1)28-14-9-22-36(41(28)46-38)44-32-18-5-3-16-30(32)43-31-17-4-6-19-33(31)45(35-21-11-20-34(44)40(35)43)37-23-10-15-29-27-13-2-8-25-39(27)47-42(29)37;43-40-34(44(28-14-3-1-4-15-28)36-24-11-20-32-30-18-7-9-26-38(30)46-41(32)36)22-13-23-35(40)45(29-16-5-2-6-17-29)37-25-12-21-33-31-19-8-10-27-39(31)47-42(33)37;2*1-2-7-14(8-3-1)13-15-9-6-11-17-16-10-4-5-12-18(16)20-19(15)17;7-4-2-1-3-5(8)6(4)9/h1-25H;1-27H;2*1-12H,13H2;1-3H. The molecule has 0 saturated carbocycles. The second-order valence-corrected chi connectivity index (χ2v) is 40.7. The molecule has 0 bridgehead atoms. The Morgan fingerprint density at radius 1 is 0.245 bits per heavy atom. The van der Waals surface area contributed by atoms with Crippen molar-refractivity contribution >= 4 is 302 Å². The fourth-order valence-corrected chi connectivity index (χ4v) is 25.5. The third kappa shape index (κ3) is 16.3. The molecule has 7 nitrogen and oxygen atoms in total. The van der Waals surface area contributed by atoms with Gasteiger partial charge in [0.25, 0.3) is 6.71 Å². The Morgan fingerprint density at radius 3 is 1.13 bits per heavy atom. The summed E-state index contributed by atoms with van der Waals surface area (Å²) in [5, 5.41) is 16.5. The summed E-state index contributed by atoms with van der Waals surface area (Å²) in [5.74, 6) is 0. The lowest BCUT2D eigenvalue weighted by Crippen LogP contribution is -2.61. The lowest BCUT2D eigenvalue weighted by Gasteiger charge is -2.44. The molecule has 0 saturated heterocycles. The van der Waals surface area contributed by atoms with E-state index in [1.165, 1.54) is 138 Å². The fraction of sp³-hybridized carbons (Fsp3) is 0.0156. The molecule has 0 spiro atoms. The number of hydrogen-bond donors (Lipinski definition) is 0. The van der Waals surface area contributed by atoms with Gasteiger partial charge in [-0.1, -0.05) is 381 Å². The number of anilines is 12. The van der Waals surface area contributed by atoms with E-state index < -0.39 is 0 Å². The molecule has 2 aliphatic heterocycles. The van der Waals surface area contributed by atoms with Crippen LogP contribution in [0.1, 0.15) is 22.3 Å². The van der Waals surface area contributed by atoms with E-state index in [1.807, 2.05) is 94.7 Å². The number of hydrogen-bond acceptors (Lipinski definition) is 10. The maximum Gasteiger partial charge on any atom is 0.252 e. The second-order valence-electron chi connectivity index (χ2n) is 35.5. The number of para-hydroxylation sites is 10. The Bertz CT molecular complexity index is 8990. The minimum absolute atomic E-state index is 0.0950. The van der Waals surface area contributed by atoms with Crippen LogP contribution in [-0.4, -0.2) is 6.71 Å². The Morgan fingerprint density at radius 2 is 0.587 bits per heavy atom. The normalized spacial score (nSPS) is 11.9. The first-order valence-electron chi connectivity index (χ1n) is 47.6. The summed E-state index contributed by atoms with van der Waals surface area (Å²) in [6.45, 7) is 0.0950. The molecule has 0 amide bonds. The molecule has 6 aromatic heterocycles. The van der Waals surface area contributed by atoms with Crippen molar-refractivity contribution < 1.29 is 13.3 Å². The molecule has 29 rings (SSSR count). The number of thiophene rings is 3. The zero-order valence-electron chi connectivity index (χ0n) is 76.9. The minimum atomic E-state index is 0.0950. The number of fused-ring (bicyclic) bond motifs is 22. The summed E-state index contributed by atoms with van der Waals surface area (Å²) in [5.41, 5.74) is 27.6. The van der Waals surface area contributed by atoms with Crippen LogP contribution in [0.4, 0.5) is 68.2 Å². The summed E-state index contributed by atoms with van der Waals surface area (Å²) in [7, 11) is 0. The smallest absolute Gasteiger partial charge is 0.252 e. The van der Waals surface area contributed by atoms with Crippen LogP contribution in [0.3, 0.4) is 0 Å². The Labute approximate surface area is 861 Å². The van der Waals surface area contributed by atoms with Crippen LogP contribution in [0.25, 0.3) is 126 Å². The monoisotopic (exact) mass is 2010 g/mol. The molecule has 0 radical (unpaired) electrons. The second kappa shape index (κ2) is 38.4. The molecular weight excluding hydrogens is 1930 g/mol. The summed E-state index contributed by atoms with van der Waals surface area (Å²) >= 11 is 27.8. The highest BCUT2D eigenvalue weighted by molar-refractivity contribution is 9.10. The quantitative estimate of drug-likeness (QED) is 0.0892. The van der Waals surface area contributed by atoms with E-state index in [0.717, 1.165) is 112 Å². The summed E-state index contributed by atoms with van der Waals surface area (Å²) in [4.78, 5) is 9.44. The van der Waals surface area contributed by atoms with Crippen molar-refractivity contribution in [2.24, 2.45) is 0 Å². The van der Waals surface area contributed by atoms with Gasteiger partial charge in [-0.3, -0.25) is 0 Å².